The Hall–Kier alpha value is -1.63. The summed E-state index contributed by atoms with van der Waals surface area (Å²) in [4.78, 5) is 12.6. The highest BCUT2D eigenvalue weighted by atomic mass is 79.9. The Labute approximate surface area is 173 Å². The highest BCUT2D eigenvalue weighted by Crippen LogP contribution is 2.40. The van der Waals surface area contributed by atoms with Gasteiger partial charge in [-0.1, -0.05) is 30.3 Å². The van der Waals surface area contributed by atoms with Crippen LogP contribution in [-0.2, 0) is 5.75 Å². The molecule has 136 valence electrons. The molecule has 0 aliphatic carbocycles. The van der Waals surface area contributed by atoms with Gasteiger partial charge in [0.15, 0.2) is 18.2 Å². The number of nitrogens with zero attached hydrogens (tertiary/aromatic N) is 1. The Morgan fingerprint density at radius 1 is 1.15 bits per heavy atom. The minimum Gasteiger partial charge on any atom is -1.00 e. The first kappa shape index (κ1) is 20.7. The van der Waals surface area contributed by atoms with Crippen molar-refractivity contribution in [3.8, 4) is 5.69 Å². The Balaban J connectivity index is 0.00000243. The number of nitrogen functional groups attached to an aromatic ring is 1. The van der Waals surface area contributed by atoms with Gasteiger partial charge < -0.3 is 22.7 Å². The molecule has 2 heterocycles. The van der Waals surface area contributed by atoms with E-state index in [0.717, 1.165) is 26.8 Å². The molecule has 0 aliphatic rings. The maximum atomic E-state index is 12.0. The fraction of sp³-hybridized carbons (Fsp3) is 0.200. The van der Waals surface area contributed by atoms with Gasteiger partial charge in [-0.2, -0.15) is 4.57 Å². The normalized spacial score (nSPS) is 10.4. The van der Waals surface area contributed by atoms with E-state index in [2.05, 4.69) is 49.0 Å². The van der Waals surface area contributed by atoms with E-state index in [1.54, 1.807) is 18.7 Å². The van der Waals surface area contributed by atoms with Crippen LogP contribution in [0.25, 0.3) is 5.69 Å². The fourth-order valence-electron chi connectivity index (χ4n) is 2.78. The number of ketones is 1. The summed E-state index contributed by atoms with van der Waals surface area (Å²) in [5.41, 5.74) is 11.4. The van der Waals surface area contributed by atoms with Crippen molar-refractivity contribution in [1.82, 2.24) is 0 Å². The van der Waals surface area contributed by atoms with Crippen molar-refractivity contribution < 1.29 is 26.3 Å². The summed E-state index contributed by atoms with van der Waals surface area (Å²) in [5.74, 6) is 0.858. The van der Waals surface area contributed by atoms with E-state index >= 15 is 0 Å². The number of nitrogens with two attached hydrogens (primary N) is 1. The number of hydrogen-bond acceptors (Lipinski definition) is 4. The van der Waals surface area contributed by atoms with Gasteiger partial charge in [0.2, 0.25) is 0 Å². The van der Waals surface area contributed by atoms with E-state index < -0.39 is 0 Å². The monoisotopic (exact) mass is 448 g/mol. The number of rotatable bonds is 5. The average molecular weight is 449 g/mol. The molecule has 3 aromatic rings. The van der Waals surface area contributed by atoms with Crippen LogP contribution in [0.5, 0.6) is 0 Å². The van der Waals surface area contributed by atoms with Gasteiger partial charge in [0.25, 0.3) is 5.69 Å². The standard InChI is InChI=1S/C20H20N2OS2.BrH/c1-13-9-14(2)11-22(10-13)18-17(21)19(15(3)23)25-20(18)24-12-16-7-5-4-6-8-16;/h4-11H,12H2,1-3H3,(H-,21,23);1H. The van der Waals surface area contributed by atoms with Crippen molar-refractivity contribution in [2.75, 3.05) is 5.73 Å². The number of aryl methyl sites for hydroxylation is 2. The highest BCUT2D eigenvalue weighted by molar-refractivity contribution is 8.00. The predicted molar refractivity (Wildman–Crippen MR) is 106 cm³/mol. The predicted octanol–water partition coefficient (Wildman–Crippen LogP) is 1.72. The van der Waals surface area contributed by atoms with E-state index in [0.29, 0.717) is 10.6 Å². The lowest BCUT2D eigenvalue weighted by Crippen LogP contribution is -3.00. The van der Waals surface area contributed by atoms with E-state index in [4.69, 9.17) is 5.73 Å². The van der Waals surface area contributed by atoms with E-state index in [-0.39, 0.29) is 22.8 Å². The van der Waals surface area contributed by atoms with Crippen LogP contribution < -0.4 is 27.3 Å². The molecular weight excluding hydrogens is 428 g/mol. The molecule has 1 aromatic carbocycles. The molecule has 0 saturated carbocycles. The van der Waals surface area contributed by atoms with Crippen molar-refractivity contribution in [2.45, 2.75) is 30.7 Å². The van der Waals surface area contributed by atoms with E-state index in [1.165, 1.54) is 16.9 Å². The number of benzene rings is 1. The molecule has 2 aromatic heterocycles. The SMILES string of the molecule is CC(=O)c1sc(SCc2ccccc2)c(-[n+]2cc(C)cc(C)c2)c1N.[Br-]. The number of anilines is 1. The molecule has 0 saturated heterocycles. The Kier molecular flexibility index (Phi) is 7.03. The van der Waals surface area contributed by atoms with Gasteiger partial charge in [-0.3, -0.25) is 4.79 Å². The summed E-state index contributed by atoms with van der Waals surface area (Å²) < 4.78 is 3.12. The van der Waals surface area contributed by atoms with Crippen molar-refractivity contribution in [2.24, 2.45) is 0 Å². The van der Waals surface area contributed by atoms with Crippen LogP contribution >= 0.6 is 23.1 Å². The van der Waals surface area contributed by atoms with Crippen LogP contribution in [0.1, 0.15) is 33.3 Å². The van der Waals surface area contributed by atoms with Gasteiger partial charge in [-0.25, -0.2) is 0 Å². The summed E-state index contributed by atoms with van der Waals surface area (Å²) in [5, 5.41) is 0. The average Bonchev–Trinajstić information content (AvgIpc) is 2.90. The van der Waals surface area contributed by atoms with Gasteiger partial charge in [-0.05, 0) is 25.5 Å². The second kappa shape index (κ2) is 8.84. The summed E-state index contributed by atoms with van der Waals surface area (Å²) >= 11 is 3.21. The topological polar surface area (TPSA) is 47.0 Å². The maximum absolute atomic E-state index is 12.0. The second-order valence-corrected chi connectivity index (χ2v) is 8.37. The molecule has 3 nitrogen and oxygen atoms in total. The number of Topliss-reactive ketones (excluding diaryl/α,β-unsaturated/α-hetero) is 1. The van der Waals surface area contributed by atoms with Crippen LogP contribution in [0.4, 0.5) is 5.69 Å². The number of carbonyl (C=O) groups is 1. The molecule has 0 spiro atoms. The van der Waals surface area contributed by atoms with Crippen molar-refractivity contribution in [3.05, 3.63) is 70.4 Å². The number of pyridine rings is 1. The fourth-order valence-corrected chi connectivity index (χ4v) is 5.13. The lowest BCUT2D eigenvalue weighted by molar-refractivity contribution is -0.597. The first-order valence-electron chi connectivity index (χ1n) is 8.05. The minimum atomic E-state index is 0. The van der Waals surface area contributed by atoms with Crippen LogP contribution in [0.2, 0.25) is 0 Å². The molecule has 2 N–H and O–H groups in total. The number of thiophene rings is 1. The molecular formula is C20H21BrN2OS2. The number of thioether (sulfide) groups is 1. The highest BCUT2D eigenvalue weighted by Gasteiger charge is 2.26. The summed E-state index contributed by atoms with van der Waals surface area (Å²) in [6.45, 7) is 5.70. The van der Waals surface area contributed by atoms with Crippen LogP contribution in [0.3, 0.4) is 0 Å². The van der Waals surface area contributed by atoms with Crippen LogP contribution in [-0.4, -0.2) is 5.78 Å². The van der Waals surface area contributed by atoms with Crippen LogP contribution in [0, 0.1) is 13.8 Å². The van der Waals surface area contributed by atoms with Gasteiger partial charge >= 0.3 is 0 Å². The van der Waals surface area contributed by atoms with Crippen molar-refractivity contribution in [1.29, 1.82) is 0 Å². The molecule has 0 atom stereocenters. The minimum absolute atomic E-state index is 0. The molecule has 26 heavy (non-hydrogen) atoms. The maximum Gasteiger partial charge on any atom is 0.259 e. The zero-order valence-corrected chi connectivity index (χ0v) is 18.2. The molecule has 0 bridgehead atoms. The quantitative estimate of drug-likeness (QED) is 0.367. The third kappa shape index (κ3) is 4.55. The summed E-state index contributed by atoms with van der Waals surface area (Å²) in [7, 11) is 0. The van der Waals surface area contributed by atoms with E-state index in [9.17, 15) is 4.79 Å². The largest absolute Gasteiger partial charge is 1.00 e. The lowest BCUT2D eigenvalue weighted by Gasteiger charge is -2.03. The first-order chi connectivity index (χ1) is 12.0. The van der Waals surface area contributed by atoms with Crippen molar-refractivity contribution in [3.63, 3.8) is 0 Å². The zero-order valence-electron chi connectivity index (χ0n) is 15.0. The van der Waals surface area contributed by atoms with Gasteiger partial charge in [0.1, 0.15) is 14.8 Å². The number of carbonyl (C=O) groups excluding carboxylic acids is 1. The lowest BCUT2D eigenvalue weighted by atomic mass is 10.2. The van der Waals surface area contributed by atoms with Gasteiger partial charge in [0, 0.05) is 23.8 Å². The van der Waals surface area contributed by atoms with Gasteiger partial charge in [-0.15, -0.1) is 23.1 Å². The number of halogens is 1. The molecule has 0 radical (unpaired) electrons. The molecule has 0 amide bonds. The zero-order chi connectivity index (χ0) is 18.0. The second-order valence-electron chi connectivity index (χ2n) is 6.11. The molecule has 0 aliphatic heterocycles. The van der Waals surface area contributed by atoms with Crippen molar-refractivity contribution >= 4 is 34.6 Å². The molecule has 3 rings (SSSR count). The third-order valence-electron chi connectivity index (χ3n) is 3.82. The molecule has 0 fully saturated rings. The van der Waals surface area contributed by atoms with Crippen LogP contribution in [0.15, 0.2) is 53.0 Å². The Morgan fingerprint density at radius 3 is 2.35 bits per heavy atom. The molecule has 0 unspecified atom stereocenters. The third-order valence-corrected chi connectivity index (χ3v) is 6.45. The first-order valence-corrected chi connectivity index (χ1v) is 9.85. The smallest absolute Gasteiger partial charge is 0.259 e. The van der Waals surface area contributed by atoms with Gasteiger partial charge in [0.05, 0.1) is 0 Å². The number of aromatic nitrogens is 1. The van der Waals surface area contributed by atoms with E-state index in [1.807, 2.05) is 18.2 Å². The number of hydrogen-bond donors (Lipinski definition) is 1. The Bertz CT molecular complexity index is 903. The summed E-state index contributed by atoms with van der Waals surface area (Å²) in [6, 6.07) is 12.4. The Morgan fingerprint density at radius 2 is 1.77 bits per heavy atom. The molecule has 6 heteroatoms. The summed E-state index contributed by atoms with van der Waals surface area (Å²) in [6.07, 6.45) is 4.11.